The Morgan fingerprint density at radius 3 is 2.90 bits per heavy atom. The van der Waals surface area contributed by atoms with Crippen molar-refractivity contribution in [1.29, 1.82) is 0 Å². The number of aromatic nitrogens is 2. The molecule has 0 aliphatic carbocycles. The molecule has 0 saturated carbocycles. The van der Waals surface area contributed by atoms with E-state index in [1.165, 1.54) is 0 Å². The topological polar surface area (TPSA) is 47.4 Å². The molecule has 0 saturated heterocycles. The van der Waals surface area contributed by atoms with E-state index < -0.39 is 0 Å². The van der Waals surface area contributed by atoms with Gasteiger partial charge in [-0.15, -0.1) is 0 Å². The number of fused-ring (bicyclic) bond motifs is 1. The van der Waals surface area contributed by atoms with Crippen molar-refractivity contribution in [2.75, 3.05) is 6.54 Å². The average Bonchev–Trinajstić information content (AvgIpc) is 2.85. The Morgan fingerprint density at radius 1 is 1.30 bits per heavy atom. The number of rotatable bonds is 2. The largest absolute Gasteiger partial charge is 0.445 e. The van der Waals surface area contributed by atoms with Crippen LogP contribution < -0.4 is 5.59 Å². The molecule has 0 N–H and O–H groups in total. The molecule has 3 rings (SSSR count). The zero-order valence-electron chi connectivity index (χ0n) is 11.5. The third kappa shape index (κ3) is 2.69. The lowest BCUT2D eigenvalue weighted by atomic mass is 10.1. The van der Waals surface area contributed by atoms with Gasteiger partial charge in [0.15, 0.2) is 7.85 Å². The average molecular weight is 269 g/mol. The normalized spacial score (nSPS) is 13.9. The van der Waals surface area contributed by atoms with Crippen LogP contribution >= 0.6 is 0 Å². The molecule has 6 heteroatoms. The summed E-state index contributed by atoms with van der Waals surface area (Å²) >= 11 is 0. The molecule has 2 heterocycles. The van der Waals surface area contributed by atoms with Gasteiger partial charge in [0.05, 0.1) is 18.8 Å². The Morgan fingerprint density at radius 2 is 2.10 bits per heavy atom. The first kappa shape index (κ1) is 12.8. The van der Waals surface area contributed by atoms with Gasteiger partial charge in [-0.2, -0.15) is 5.10 Å². The number of amides is 1. The summed E-state index contributed by atoms with van der Waals surface area (Å²) < 4.78 is 7.30. The molecule has 1 amide bonds. The van der Waals surface area contributed by atoms with Gasteiger partial charge in [-0.05, 0) is 11.6 Å². The predicted molar refractivity (Wildman–Crippen MR) is 77.4 cm³/mol. The van der Waals surface area contributed by atoms with Crippen LogP contribution in [0.25, 0.3) is 0 Å². The van der Waals surface area contributed by atoms with E-state index in [-0.39, 0.29) is 6.09 Å². The van der Waals surface area contributed by atoms with Crippen molar-refractivity contribution in [3.05, 3.63) is 47.7 Å². The highest BCUT2D eigenvalue weighted by Gasteiger charge is 2.22. The first-order valence-corrected chi connectivity index (χ1v) is 6.71. The number of hydrogen-bond acceptors (Lipinski definition) is 3. The van der Waals surface area contributed by atoms with Gasteiger partial charge in [-0.25, -0.2) is 4.79 Å². The maximum absolute atomic E-state index is 12.1. The molecule has 0 bridgehead atoms. The van der Waals surface area contributed by atoms with E-state index in [4.69, 9.17) is 4.74 Å². The molecular weight excluding hydrogens is 253 g/mol. The third-order valence-electron chi connectivity index (χ3n) is 3.38. The van der Waals surface area contributed by atoms with Gasteiger partial charge < -0.3 is 9.64 Å². The predicted octanol–water partition coefficient (Wildman–Crippen LogP) is 0.294. The van der Waals surface area contributed by atoms with Crippen molar-refractivity contribution in [2.45, 2.75) is 19.7 Å². The standard InChI is InChI=1S/C14H16BN3O2/c15-13-8-12-9-17(6-7-18(12)16-13)14(19)20-10-11-4-2-1-3-5-11/h1-5,8H,6-7,9-10,15H2. The summed E-state index contributed by atoms with van der Waals surface area (Å²) in [4.78, 5) is 13.8. The Hall–Kier alpha value is -2.24. The Balaban J connectivity index is 1.59. The molecule has 0 atom stereocenters. The smallest absolute Gasteiger partial charge is 0.410 e. The van der Waals surface area contributed by atoms with Crippen molar-refractivity contribution >= 4 is 19.5 Å². The second-order valence-electron chi connectivity index (χ2n) is 4.96. The van der Waals surface area contributed by atoms with Gasteiger partial charge in [-0.3, -0.25) is 4.68 Å². The molecule has 1 aliphatic rings. The van der Waals surface area contributed by atoms with E-state index in [0.717, 1.165) is 23.4 Å². The fourth-order valence-electron chi connectivity index (χ4n) is 2.38. The minimum atomic E-state index is -0.265. The summed E-state index contributed by atoms with van der Waals surface area (Å²) in [6.45, 7) is 2.24. The van der Waals surface area contributed by atoms with E-state index in [1.807, 2.05) is 48.9 Å². The molecule has 1 aliphatic heterocycles. The van der Waals surface area contributed by atoms with Crippen molar-refractivity contribution in [3.63, 3.8) is 0 Å². The Bertz CT molecular complexity index is 612. The Kier molecular flexibility index (Phi) is 3.45. The number of carbonyl (C=O) groups excluding carboxylic acids is 1. The molecule has 0 radical (unpaired) electrons. The summed E-state index contributed by atoms with van der Waals surface area (Å²) in [5.74, 6) is 0. The maximum atomic E-state index is 12.1. The highest BCUT2D eigenvalue weighted by Crippen LogP contribution is 2.12. The second kappa shape index (κ2) is 5.40. The van der Waals surface area contributed by atoms with Gasteiger partial charge in [0.2, 0.25) is 0 Å². The van der Waals surface area contributed by atoms with E-state index in [0.29, 0.717) is 19.7 Å². The highest BCUT2D eigenvalue weighted by atomic mass is 16.6. The lowest BCUT2D eigenvalue weighted by molar-refractivity contribution is 0.0858. The highest BCUT2D eigenvalue weighted by molar-refractivity contribution is 6.30. The van der Waals surface area contributed by atoms with Gasteiger partial charge in [0.25, 0.3) is 0 Å². The number of carbonyl (C=O) groups is 1. The SMILES string of the molecule is Bc1cc2n(n1)CCN(C(=O)OCc1ccccc1)C2. The molecule has 0 fully saturated rings. The van der Waals surface area contributed by atoms with Crippen LogP contribution in [0, 0.1) is 0 Å². The monoisotopic (exact) mass is 269 g/mol. The first-order chi connectivity index (χ1) is 9.72. The third-order valence-corrected chi connectivity index (χ3v) is 3.38. The fraction of sp³-hybridized carbons (Fsp3) is 0.286. The van der Waals surface area contributed by atoms with Crippen LogP contribution in [0.3, 0.4) is 0 Å². The number of ether oxygens (including phenoxy) is 1. The van der Waals surface area contributed by atoms with Crippen LogP contribution in [0.4, 0.5) is 4.79 Å². The van der Waals surface area contributed by atoms with Crippen LogP contribution in [0.15, 0.2) is 36.4 Å². The quantitative estimate of drug-likeness (QED) is 0.736. The van der Waals surface area contributed by atoms with Gasteiger partial charge in [-0.1, -0.05) is 30.3 Å². The lowest BCUT2D eigenvalue weighted by Crippen LogP contribution is -2.38. The molecule has 2 aromatic rings. The van der Waals surface area contributed by atoms with E-state index in [2.05, 4.69) is 5.10 Å². The van der Waals surface area contributed by atoms with Crippen LogP contribution in [0.5, 0.6) is 0 Å². The molecule has 102 valence electrons. The summed E-state index contributed by atoms with van der Waals surface area (Å²) in [7, 11) is 1.96. The Labute approximate surface area is 118 Å². The molecule has 1 aromatic heterocycles. The summed E-state index contributed by atoms with van der Waals surface area (Å²) in [5.41, 5.74) is 3.05. The first-order valence-electron chi connectivity index (χ1n) is 6.71. The second-order valence-corrected chi connectivity index (χ2v) is 4.96. The van der Waals surface area contributed by atoms with E-state index in [1.54, 1.807) is 4.90 Å². The van der Waals surface area contributed by atoms with Gasteiger partial charge in [0.1, 0.15) is 6.61 Å². The summed E-state index contributed by atoms with van der Waals surface area (Å²) in [6.07, 6.45) is -0.265. The van der Waals surface area contributed by atoms with Gasteiger partial charge in [0, 0.05) is 12.1 Å². The molecule has 20 heavy (non-hydrogen) atoms. The number of hydrogen-bond donors (Lipinski definition) is 0. The van der Waals surface area contributed by atoms with Crippen molar-refractivity contribution in [3.8, 4) is 0 Å². The maximum Gasteiger partial charge on any atom is 0.410 e. The van der Waals surface area contributed by atoms with Crippen molar-refractivity contribution < 1.29 is 9.53 Å². The lowest BCUT2D eigenvalue weighted by Gasteiger charge is -2.26. The van der Waals surface area contributed by atoms with Crippen LogP contribution in [0.2, 0.25) is 0 Å². The fourth-order valence-corrected chi connectivity index (χ4v) is 2.38. The summed E-state index contributed by atoms with van der Waals surface area (Å²) in [5, 5.41) is 4.38. The molecule has 5 nitrogen and oxygen atoms in total. The minimum Gasteiger partial charge on any atom is -0.445 e. The zero-order chi connectivity index (χ0) is 13.9. The minimum absolute atomic E-state index is 0.265. The van der Waals surface area contributed by atoms with Crippen LogP contribution in [0.1, 0.15) is 11.3 Å². The van der Waals surface area contributed by atoms with E-state index >= 15 is 0 Å². The molecule has 0 spiro atoms. The van der Waals surface area contributed by atoms with Crippen LogP contribution in [-0.2, 0) is 24.4 Å². The van der Waals surface area contributed by atoms with Crippen molar-refractivity contribution in [2.24, 2.45) is 0 Å². The van der Waals surface area contributed by atoms with E-state index in [9.17, 15) is 4.79 Å². The molecule has 1 aromatic carbocycles. The van der Waals surface area contributed by atoms with Crippen LogP contribution in [-0.4, -0.2) is 35.2 Å². The molecular formula is C14H16BN3O2. The zero-order valence-corrected chi connectivity index (χ0v) is 11.5. The van der Waals surface area contributed by atoms with Crippen molar-refractivity contribution in [1.82, 2.24) is 14.7 Å². The van der Waals surface area contributed by atoms with Gasteiger partial charge >= 0.3 is 6.09 Å². The summed E-state index contributed by atoms with van der Waals surface area (Å²) in [6, 6.07) is 11.7. The number of nitrogens with zero attached hydrogens (tertiary/aromatic N) is 3. The number of benzene rings is 1. The molecule has 0 unspecified atom stereocenters.